The maximum atomic E-state index is 12.1. The van der Waals surface area contributed by atoms with Crippen LogP contribution in [0.2, 0.25) is 0 Å². The summed E-state index contributed by atoms with van der Waals surface area (Å²) in [5.74, 6) is -0.141. The number of rotatable bonds is 1. The number of hydrogen-bond acceptors (Lipinski definition) is 4. The largest absolute Gasteiger partial charge is 0.444 e. The number of amides is 1. The van der Waals surface area contributed by atoms with Gasteiger partial charge in [0.05, 0.1) is 16.7 Å². The van der Waals surface area contributed by atoms with Gasteiger partial charge in [0.1, 0.15) is 5.60 Å². The van der Waals surface area contributed by atoms with E-state index in [2.05, 4.69) is 21.2 Å². The van der Waals surface area contributed by atoms with E-state index in [0.29, 0.717) is 10.0 Å². The quantitative estimate of drug-likeness (QED) is 0.834. The molecule has 0 fully saturated rings. The number of alkyl carbamates (subject to hydrolysis) is 1. The highest BCUT2D eigenvalue weighted by Crippen LogP contribution is 2.35. The summed E-state index contributed by atoms with van der Waals surface area (Å²) >= 11 is 3.25. The first-order chi connectivity index (χ1) is 9.08. The first-order valence-electron chi connectivity index (χ1n) is 6.10. The van der Waals surface area contributed by atoms with Crippen molar-refractivity contribution in [2.24, 2.45) is 0 Å². The molecule has 1 aliphatic rings. The predicted molar refractivity (Wildman–Crippen MR) is 78.3 cm³/mol. The maximum absolute atomic E-state index is 12.1. The second-order valence-corrected chi connectivity index (χ2v) is 8.58. The fraction of sp³-hybridized carbons (Fsp3) is 0.462. The molecule has 1 aliphatic heterocycles. The lowest BCUT2D eigenvalue weighted by molar-refractivity contribution is 0.0509. The summed E-state index contributed by atoms with van der Waals surface area (Å²) in [6, 6.07) is 4.44. The molecule has 0 saturated carbocycles. The Labute approximate surface area is 126 Å². The van der Waals surface area contributed by atoms with Gasteiger partial charge in [-0.15, -0.1) is 0 Å². The molecule has 1 aromatic carbocycles. The molecule has 1 aromatic rings. The molecule has 1 atom stereocenters. The molecule has 110 valence electrons. The number of carbonyl (C=O) groups excluding carboxylic acids is 1. The Balaban J connectivity index is 2.24. The van der Waals surface area contributed by atoms with Crippen LogP contribution >= 0.6 is 15.9 Å². The molecule has 0 aromatic heterocycles. The van der Waals surface area contributed by atoms with Gasteiger partial charge in [-0.3, -0.25) is 0 Å². The van der Waals surface area contributed by atoms with Crippen molar-refractivity contribution in [3.8, 4) is 0 Å². The lowest BCUT2D eigenvalue weighted by Crippen LogP contribution is -2.35. The number of benzene rings is 1. The Bertz CT molecular complexity index is 649. The highest BCUT2D eigenvalue weighted by molar-refractivity contribution is 9.10. The third kappa shape index (κ3) is 3.32. The minimum atomic E-state index is -3.37. The summed E-state index contributed by atoms with van der Waals surface area (Å²) in [5, 5.41) is 2.61. The van der Waals surface area contributed by atoms with Crippen molar-refractivity contribution in [2.75, 3.05) is 5.75 Å². The maximum Gasteiger partial charge on any atom is 0.408 e. The van der Waals surface area contributed by atoms with E-state index in [0.717, 1.165) is 0 Å². The fourth-order valence-electron chi connectivity index (χ4n) is 2.03. The molecule has 20 heavy (non-hydrogen) atoms. The van der Waals surface area contributed by atoms with E-state index in [1.165, 1.54) is 0 Å². The monoisotopic (exact) mass is 361 g/mol. The van der Waals surface area contributed by atoms with Crippen molar-refractivity contribution < 1.29 is 17.9 Å². The van der Waals surface area contributed by atoms with Crippen molar-refractivity contribution >= 4 is 31.9 Å². The summed E-state index contributed by atoms with van der Waals surface area (Å²) in [7, 11) is -3.37. The van der Waals surface area contributed by atoms with Gasteiger partial charge >= 0.3 is 6.09 Å². The molecular formula is C13H16BrNO4S. The van der Waals surface area contributed by atoms with E-state index in [-0.39, 0.29) is 10.6 Å². The Hall–Kier alpha value is -1.08. The van der Waals surface area contributed by atoms with Crippen LogP contribution in [0.3, 0.4) is 0 Å². The smallest absolute Gasteiger partial charge is 0.408 e. The fourth-order valence-corrected chi connectivity index (χ4v) is 4.30. The Morgan fingerprint density at radius 3 is 2.65 bits per heavy atom. The van der Waals surface area contributed by atoms with Gasteiger partial charge in [0.15, 0.2) is 9.84 Å². The molecule has 1 N–H and O–H groups in total. The van der Waals surface area contributed by atoms with E-state index in [9.17, 15) is 13.2 Å². The lowest BCUT2D eigenvalue weighted by Gasteiger charge is -2.21. The van der Waals surface area contributed by atoms with Gasteiger partial charge in [0.2, 0.25) is 0 Å². The summed E-state index contributed by atoms with van der Waals surface area (Å²) in [4.78, 5) is 12.0. The van der Waals surface area contributed by atoms with Crippen LogP contribution in [0.5, 0.6) is 0 Å². The van der Waals surface area contributed by atoms with Crippen LogP contribution in [-0.2, 0) is 14.6 Å². The topological polar surface area (TPSA) is 72.5 Å². The minimum Gasteiger partial charge on any atom is -0.444 e. The number of nitrogens with one attached hydrogen (secondary N) is 1. The number of hydrogen-bond donors (Lipinski definition) is 1. The molecule has 2 rings (SSSR count). The molecule has 1 heterocycles. The summed E-state index contributed by atoms with van der Waals surface area (Å²) in [5.41, 5.74) is -0.0246. The van der Waals surface area contributed by atoms with E-state index in [1.807, 2.05) is 0 Å². The first-order valence-corrected chi connectivity index (χ1v) is 8.55. The summed E-state index contributed by atoms with van der Waals surface area (Å²) in [6.07, 6.45) is -0.617. The second-order valence-electron chi connectivity index (χ2n) is 5.66. The second kappa shape index (κ2) is 5.04. The van der Waals surface area contributed by atoms with Crippen LogP contribution in [-0.4, -0.2) is 25.9 Å². The summed E-state index contributed by atoms with van der Waals surface area (Å²) < 4.78 is 30.0. The van der Waals surface area contributed by atoms with Crippen molar-refractivity contribution in [3.63, 3.8) is 0 Å². The van der Waals surface area contributed by atoms with Gasteiger partial charge < -0.3 is 10.1 Å². The highest BCUT2D eigenvalue weighted by atomic mass is 79.9. The Morgan fingerprint density at radius 2 is 2.05 bits per heavy atom. The number of ether oxygens (including phenoxy) is 1. The Kier molecular flexibility index (Phi) is 3.85. The van der Waals surface area contributed by atoms with Gasteiger partial charge in [-0.2, -0.15) is 0 Å². The predicted octanol–water partition coefficient (Wildman–Crippen LogP) is 2.80. The molecule has 7 heteroatoms. The molecule has 0 bridgehead atoms. The molecular weight excluding hydrogens is 346 g/mol. The van der Waals surface area contributed by atoms with Gasteiger partial charge in [0, 0.05) is 4.47 Å². The van der Waals surface area contributed by atoms with Crippen molar-refractivity contribution in [3.05, 3.63) is 28.2 Å². The van der Waals surface area contributed by atoms with Crippen molar-refractivity contribution in [1.29, 1.82) is 0 Å². The number of fused-ring (bicyclic) bond motifs is 1. The molecule has 1 amide bonds. The zero-order chi connectivity index (χ0) is 15.1. The number of carbonyl (C=O) groups is 1. The average molecular weight is 362 g/mol. The van der Waals surface area contributed by atoms with Gasteiger partial charge in [-0.1, -0.05) is 22.0 Å². The van der Waals surface area contributed by atoms with Gasteiger partial charge in [0.25, 0.3) is 0 Å². The Morgan fingerprint density at radius 1 is 1.40 bits per heavy atom. The van der Waals surface area contributed by atoms with Crippen LogP contribution in [0.4, 0.5) is 4.79 Å². The van der Waals surface area contributed by atoms with Crippen LogP contribution in [0, 0.1) is 0 Å². The van der Waals surface area contributed by atoms with Crippen LogP contribution < -0.4 is 5.32 Å². The normalized spacial score (nSPS) is 20.3. The van der Waals surface area contributed by atoms with E-state index >= 15 is 0 Å². The van der Waals surface area contributed by atoms with Gasteiger partial charge in [-0.25, -0.2) is 13.2 Å². The number of halogens is 1. The zero-order valence-electron chi connectivity index (χ0n) is 11.4. The summed E-state index contributed by atoms with van der Waals surface area (Å²) in [6.45, 7) is 5.26. The molecule has 0 aliphatic carbocycles. The average Bonchev–Trinajstić information content (AvgIpc) is 2.47. The third-order valence-corrected chi connectivity index (χ3v) is 5.05. The van der Waals surface area contributed by atoms with Crippen molar-refractivity contribution in [1.82, 2.24) is 5.32 Å². The molecule has 0 spiro atoms. The minimum absolute atomic E-state index is 0.141. The number of sulfone groups is 1. The van der Waals surface area contributed by atoms with Crippen LogP contribution in [0.15, 0.2) is 27.6 Å². The van der Waals surface area contributed by atoms with E-state index in [4.69, 9.17) is 4.74 Å². The van der Waals surface area contributed by atoms with Crippen molar-refractivity contribution in [2.45, 2.75) is 37.3 Å². The first kappa shape index (κ1) is 15.3. The highest BCUT2D eigenvalue weighted by Gasteiger charge is 2.36. The standard InChI is InChI=1S/C13H16BrNO4S/c1-13(2,3)19-12(16)15-10-7-20(17,18)11-6-8(14)4-5-9(10)11/h4-6,10H,7H2,1-3H3,(H,15,16). The van der Waals surface area contributed by atoms with E-state index in [1.54, 1.807) is 39.0 Å². The van der Waals surface area contributed by atoms with E-state index < -0.39 is 27.6 Å². The molecule has 0 saturated heterocycles. The molecule has 1 unspecified atom stereocenters. The van der Waals surface area contributed by atoms with Gasteiger partial charge in [-0.05, 0) is 38.5 Å². The zero-order valence-corrected chi connectivity index (χ0v) is 13.8. The SMILES string of the molecule is CC(C)(C)OC(=O)NC1CS(=O)(=O)c2cc(Br)ccc21. The molecule has 0 radical (unpaired) electrons. The molecule has 5 nitrogen and oxygen atoms in total. The van der Waals surface area contributed by atoms with Crippen LogP contribution in [0.25, 0.3) is 0 Å². The third-order valence-electron chi connectivity index (χ3n) is 2.76. The van der Waals surface area contributed by atoms with Crippen LogP contribution in [0.1, 0.15) is 32.4 Å². The lowest BCUT2D eigenvalue weighted by atomic mass is 10.1.